The molecule has 1 unspecified atom stereocenters. The van der Waals surface area contributed by atoms with Crippen molar-refractivity contribution in [2.24, 2.45) is 5.73 Å². The number of ether oxygens (including phenoxy) is 1. The molecule has 1 atom stereocenters. The van der Waals surface area contributed by atoms with E-state index in [1.807, 2.05) is 0 Å². The van der Waals surface area contributed by atoms with Gasteiger partial charge < -0.3 is 10.5 Å². The smallest absolute Gasteiger partial charge is 0.307 e. The van der Waals surface area contributed by atoms with Gasteiger partial charge >= 0.3 is 5.97 Å². The molecule has 0 radical (unpaired) electrons. The van der Waals surface area contributed by atoms with Crippen molar-refractivity contribution < 1.29 is 9.53 Å². The number of hydrogen-bond donors (Lipinski definition) is 3. The molecule has 0 fully saturated rings. The van der Waals surface area contributed by atoms with Crippen molar-refractivity contribution in [3.63, 3.8) is 0 Å². The molecule has 0 aromatic carbocycles. The van der Waals surface area contributed by atoms with Crippen molar-refractivity contribution in [3.05, 3.63) is 0 Å². The molecule has 0 saturated heterocycles. The highest BCUT2D eigenvalue weighted by Crippen LogP contribution is 1.98. The molecule has 60 valence electrons. The van der Waals surface area contributed by atoms with Gasteiger partial charge in [0.2, 0.25) is 0 Å². The predicted octanol–water partition coefficient (Wildman–Crippen LogP) is 0.0641. The Morgan fingerprint density at radius 3 is 2.70 bits per heavy atom. The van der Waals surface area contributed by atoms with E-state index in [0.29, 0.717) is 12.2 Å². The highest BCUT2D eigenvalue weighted by molar-refractivity contribution is 7.80. The van der Waals surface area contributed by atoms with Gasteiger partial charge in [0.25, 0.3) is 0 Å². The lowest BCUT2D eigenvalue weighted by molar-refractivity contribution is -0.144. The number of thiol groups is 2. The summed E-state index contributed by atoms with van der Waals surface area (Å²) in [6.07, 6.45) is 0.306. The zero-order valence-electron chi connectivity index (χ0n) is 5.49. The number of hydrogen-bond acceptors (Lipinski definition) is 5. The van der Waals surface area contributed by atoms with Crippen LogP contribution in [0.2, 0.25) is 0 Å². The van der Waals surface area contributed by atoms with Crippen LogP contribution in [0.3, 0.4) is 0 Å². The Labute approximate surface area is 71.1 Å². The van der Waals surface area contributed by atoms with Crippen LogP contribution in [0, 0.1) is 0 Å². The molecule has 5 heteroatoms. The lowest BCUT2D eigenvalue weighted by Crippen LogP contribution is -2.21. The van der Waals surface area contributed by atoms with Gasteiger partial charge in [-0.05, 0) is 0 Å². The summed E-state index contributed by atoms with van der Waals surface area (Å²) in [4.78, 5) is 10.6. The van der Waals surface area contributed by atoms with E-state index in [0.717, 1.165) is 0 Å². The minimum Gasteiger partial charge on any atom is -0.450 e. The summed E-state index contributed by atoms with van der Waals surface area (Å²) < 4.78 is 4.69. The van der Waals surface area contributed by atoms with Gasteiger partial charge in [-0.3, -0.25) is 4.79 Å². The fourth-order valence-corrected chi connectivity index (χ4v) is 0.650. The fraction of sp³-hybridized carbons (Fsp3) is 0.800. The van der Waals surface area contributed by atoms with Gasteiger partial charge in [-0.15, -0.1) is 12.6 Å². The van der Waals surface area contributed by atoms with Crippen LogP contribution in [-0.4, -0.2) is 23.7 Å². The van der Waals surface area contributed by atoms with Crippen molar-refractivity contribution in [2.75, 3.05) is 12.3 Å². The molecule has 0 aliphatic carbocycles. The average Bonchev–Trinajstić information content (AvgIpc) is 1.88. The van der Waals surface area contributed by atoms with Crippen LogP contribution in [-0.2, 0) is 9.53 Å². The largest absolute Gasteiger partial charge is 0.450 e. The summed E-state index contributed by atoms with van der Waals surface area (Å²) in [6, 6.07) is 0. The first kappa shape index (κ1) is 10.1. The SMILES string of the molecule is NCC(S)OC(=O)CCS. The van der Waals surface area contributed by atoms with E-state index in [2.05, 4.69) is 25.3 Å². The van der Waals surface area contributed by atoms with E-state index in [9.17, 15) is 4.79 Å². The molecule has 0 bridgehead atoms. The van der Waals surface area contributed by atoms with Crippen LogP contribution in [0.25, 0.3) is 0 Å². The summed E-state index contributed by atoms with van der Waals surface area (Å²) in [5.41, 5.74) is 4.66. The van der Waals surface area contributed by atoms with Crippen molar-refractivity contribution in [3.8, 4) is 0 Å². The third-order valence-electron chi connectivity index (χ3n) is 0.785. The van der Waals surface area contributed by atoms with Gasteiger partial charge in [0.15, 0.2) is 5.44 Å². The van der Waals surface area contributed by atoms with E-state index in [-0.39, 0.29) is 12.5 Å². The van der Waals surface area contributed by atoms with Crippen molar-refractivity contribution in [2.45, 2.75) is 11.9 Å². The third kappa shape index (κ3) is 4.96. The second-order valence-corrected chi connectivity index (χ2v) is 2.68. The van der Waals surface area contributed by atoms with E-state index in [1.54, 1.807) is 0 Å². The average molecular weight is 181 g/mol. The molecule has 0 aliphatic heterocycles. The highest BCUT2D eigenvalue weighted by Gasteiger charge is 2.05. The van der Waals surface area contributed by atoms with Gasteiger partial charge in [-0.25, -0.2) is 0 Å². The number of esters is 1. The monoisotopic (exact) mass is 181 g/mol. The summed E-state index contributed by atoms with van der Waals surface area (Å²) in [7, 11) is 0. The van der Waals surface area contributed by atoms with E-state index in [4.69, 9.17) is 10.5 Å². The molecule has 2 N–H and O–H groups in total. The maximum atomic E-state index is 10.6. The van der Waals surface area contributed by atoms with Gasteiger partial charge in [0.05, 0.1) is 6.42 Å². The van der Waals surface area contributed by atoms with Crippen molar-refractivity contribution in [1.82, 2.24) is 0 Å². The van der Waals surface area contributed by atoms with Gasteiger partial charge in [-0.1, -0.05) is 0 Å². The molecule has 0 saturated carbocycles. The molecule has 0 aromatic heterocycles. The van der Waals surface area contributed by atoms with Crippen LogP contribution in [0.15, 0.2) is 0 Å². The lowest BCUT2D eigenvalue weighted by Gasteiger charge is -2.08. The Hall–Kier alpha value is 0.130. The second-order valence-electron chi connectivity index (χ2n) is 1.65. The van der Waals surface area contributed by atoms with E-state index >= 15 is 0 Å². The number of rotatable bonds is 4. The maximum absolute atomic E-state index is 10.6. The predicted molar refractivity (Wildman–Crippen MR) is 46.4 cm³/mol. The zero-order chi connectivity index (χ0) is 7.98. The molecular weight excluding hydrogens is 170 g/mol. The molecule has 3 nitrogen and oxygen atoms in total. The van der Waals surface area contributed by atoms with Gasteiger partial charge in [-0.2, -0.15) is 12.6 Å². The Bertz CT molecular complexity index is 110. The van der Waals surface area contributed by atoms with E-state index in [1.165, 1.54) is 0 Å². The lowest BCUT2D eigenvalue weighted by atomic mass is 10.5. The normalized spacial score (nSPS) is 12.7. The molecule has 0 rings (SSSR count). The van der Waals surface area contributed by atoms with Crippen LogP contribution in [0.5, 0.6) is 0 Å². The Morgan fingerprint density at radius 1 is 1.70 bits per heavy atom. The van der Waals surface area contributed by atoms with Crippen LogP contribution < -0.4 is 5.73 Å². The second kappa shape index (κ2) is 5.88. The van der Waals surface area contributed by atoms with Crippen molar-refractivity contribution in [1.29, 1.82) is 0 Å². The number of carbonyl (C=O) groups is 1. The molecule has 0 heterocycles. The summed E-state index contributed by atoms with van der Waals surface area (Å²) in [5, 5.41) is 0. The summed E-state index contributed by atoms with van der Waals surface area (Å²) >= 11 is 7.72. The van der Waals surface area contributed by atoms with Crippen LogP contribution in [0.1, 0.15) is 6.42 Å². The summed E-state index contributed by atoms with van der Waals surface area (Å²) in [5.74, 6) is 0.185. The molecule has 0 spiro atoms. The van der Waals surface area contributed by atoms with Gasteiger partial charge in [0.1, 0.15) is 0 Å². The first-order valence-electron chi connectivity index (χ1n) is 2.89. The van der Waals surface area contributed by atoms with Gasteiger partial charge in [0, 0.05) is 12.3 Å². The first-order chi connectivity index (χ1) is 4.70. The van der Waals surface area contributed by atoms with Crippen LogP contribution in [0.4, 0.5) is 0 Å². The number of carbonyl (C=O) groups excluding carboxylic acids is 1. The summed E-state index contributed by atoms with van der Waals surface area (Å²) in [6.45, 7) is 0.238. The van der Waals surface area contributed by atoms with Crippen LogP contribution >= 0.6 is 25.3 Å². The highest BCUT2D eigenvalue weighted by atomic mass is 32.1. The number of nitrogens with two attached hydrogens (primary N) is 1. The quantitative estimate of drug-likeness (QED) is 0.327. The minimum absolute atomic E-state index is 0.238. The molecule has 0 amide bonds. The first-order valence-corrected chi connectivity index (χ1v) is 4.04. The fourth-order valence-electron chi connectivity index (χ4n) is 0.350. The topological polar surface area (TPSA) is 52.3 Å². The molecule has 10 heavy (non-hydrogen) atoms. The maximum Gasteiger partial charge on any atom is 0.307 e. The third-order valence-corrected chi connectivity index (χ3v) is 1.32. The minimum atomic E-state index is -0.479. The Balaban J connectivity index is 3.37. The van der Waals surface area contributed by atoms with E-state index < -0.39 is 5.44 Å². The Morgan fingerprint density at radius 2 is 2.30 bits per heavy atom. The van der Waals surface area contributed by atoms with Crippen molar-refractivity contribution >= 4 is 31.2 Å². The zero-order valence-corrected chi connectivity index (χ0v) is 7.28. The standard InChI is InChI=1S/C5H11NO2S2/c6-3-5(10)8-4(7)1-2-9/h5,9-10H,1-3,6H2. The molecule has 0 aromatic rings. The Kier molecular flexibility index (Phi) is 5.96. The molecular formula is C5H11NO2S2. The molecule has 0 aliphatic rings.